The van der Waals surface area contributed by atoms with E-state index in [4.69, 9.17) is 4.74 Å². The molecular formula is C30H30N2O3. The fraction of sp³-hybridized carbons (Fsp3) is 0.333. The number of pyridine rings is 1. The second-order valence-corrected chi connectivity index (χ2v) is 10.1. The second kappa shape index (κ2) is 8.97. The van der Waals surface area contributed by atoms with E-state index in [0.29, 0.717) is 11.8 Å². The van der Waals surface area contributed by atoms with E-state index in [0.717, 1.165) is 79.0 Å². The van der Waals surface area contributed by atoms with E-state index in [9.17, 15) is 9.59 Å². The largest absolute Gasteiger partial charge is 0.496 e. The molecule has 2 aliphatic heterocycles. The van der Waals surface area contributed by atoms with Gasteiger partial charge in [-0.15, -0.1) is 0 Å². The number of carbonyl (C=O) groups excluding carboxylic acids is 1. The SMILES string of the molecule is COc1ccc(/C=C2\CCc3ccccc3C2=O)cc1CN1CC2CC(C1)c1cccc(=O)n1C2. The van der Waals surface area contributed by atoms with Crippen molar-refractivity contribution >= 4 is 11.9 Å². The molecule has 1 aromatic heterocycles. The summed E-state index contributed by atoms with van der Waals surface area (Å²) in [6.45, 7) is 3.50. The molecule has 2 unspecified atom stereocenters. The number of likely N-dealkylation sites (tertiary alicyclic amines) is 1. The molecule has 5 nitrogen and oxygen atoms in total. The first-order valence-corrected chi connectivity index (χ1v) is 12.5. The number of rotatable bonds is 4. The lowest BCUT2D eigenvalue weighted by Gasteiger charge is -2.43. The number of fused-ring (bicyclic) bond motifs is 5. The number of hydrogen-bond acceptors (Lipinski definition) is 4. The van der Waals surface area contributed by atoms with Gasteiger partial charge in [0.25, 0.3) is 5.56 Å². The predicted molar refractivity (Wildman–Crippen MR) is 137 cm³/mol. The third-order valence-electron chi connectivity index (χ3n) is 7.81. The monoisotopic (exact) mass is 466 g/mol. The highest BCUT2D eigenvalue weighted by Gasteiger charge is 2.34. The standard InChI is InChI=1S/C30H30N2O3/c1-35-28-12-9-20(13-23-11-10-22-5-2-3-6-26(22)30(23)34)14-25(28)19-31-16-21-15-24(18-31)27-7-4-8-29(33)32(27)17-21/h2-9,12-14,21,24H,10-11,15-19H2,1H3/b23-13+. The van der Waals surface area contributed by atoms with Gasteiger partial charge in [-0.25, -0.2) is 0 Å². The number of piperidine rings is 1. The molecule has 2 atom stereocenters. The van der Waals surface area contributed by atoms with Crippen molar-refractivity contribution in [1.29, 1.82) is 0 Å². The van der Waals surface area contributed by atoms with Gasteiger partial charge in [-0.05, 0) is 60.6 Å². The quantitative estimate of drug-likeness (QED) is 0.524. The van der Waals surface area contributed by atoms with E-state index in [1.165, 1.54) is 5.69 Å². The molecule has 0 N–H and O–H groups in total. The first kappa shape index (κ1) is 22.1. The van der Waals surface area contributed by atoms with Gasteiger partial charge in [-0.1, -0.05) is 36.4 Å². The normalized spacial score (nSPS) is 22.5. The number of hydrogen-bond donors (Lipinski definition) is 0. The molecule has 0 radical (unpaired) electrons. The van der Waals surface area contributed by atoms with Crippen LogP contribution in [0.3, 0.4) is 0 Å². The number of aryl methyl sites for hydroxylation is 1. The molecule has 1 aliphatic carbocycles. The highest BCUT2D eigenvalue weighted by Crippen LogP contribution is 2.36. The molecule has 5 heteroatoms. The molecular weight excluding hydrogens is 436 g/mol. The lowest BCUT2D eigenvalue weighted by Crippen LogP contribution is -2.46. The summed E-state index contributed by atoms with van der Waals surface area (Å²) in [5.41, 5.74) is 6.30. The molecule has 3 aliphatic rings. The molecule has 178 valence electrons. The predicted octanol–water partition coefficient (Wildman–Crippen LogP) is 4.69. The van der Waals surface area contributed by atoms with Crippen molar-refractivity contribution in [3.8, 4) is 5.75 Å². The number of ether oxygens (including phenoxy) is 1. The zero-order valence-electron chi connectivity index (χ0n) is 20.1. The molecule has 35 heavy (non-hydrogen) atoms. The van der Waals surface area contributed by atoms with E-state index >= 15 is 0 Å². The molecule has 3 heterocycles. The smallest absolute Gasteiger partial charge is 0.250 e. The minimum atomic E-state index is 0.118. The fourth-order valence-corrected chi connectivity index (χ4v) is 6.23. The van der Waals surface area contributed by atoms with E-state index in [1.807, 2.05) is 41.0 Å². The molecule has 6 rings (SSSR count). The minimum absolute atomic E-state index is 0.118. The number of nitrogens with zero attached hydrogens (tertiary/aromatic N) is 2. The average molecular weight is 467 g/mol. The Morgan fingerprint density at radius 1 is 0.971 bits per heavy atom. The lowest BCUT2D eigenvalue weighted by molar-refractivity contribution is 0.102. The summed E-state index contributed by atoms with van der Waals surface area (Å²) >= 11 is 0. The molecule has 2 bridgehead atoms. The average Bonchev–Trinajstić information content (AvgIpc) is 2.87. The Morgan fingerprint density at radius 3 is 2.74 bits per heavy atom. The molecule has 0 saturated carbocycles. The van der Waals surface area contributed by atoms with Crippen LogP contribution in [0, 0.1) is 5.92 Å². The molecule has 1 saturated heterocycles. The molecule has 0 spiro atoms. The maximum absolute atomic E-state index is 13.1. The third kappa shape index (κ3) is 4.14. The Kier molecular flexibility index (Phi) is 5.65. The number of ketones is 1. The van der Waals surface area contributed by atoms with Crippen LogP contribution in [-0.2, 0) is 19.5 Å². The fourth-order valence-electron chi connectivity index (χ4n) is 6.23. The van der Waals surface area contributed by atoms with Gasteiger partial charge in [0.05, 0.1) is 7.11 Å². The molecule has 0 amide bonds. The van der Waals surface area contributed by atoms with Crippen molar-refractivity contribution in [3.63, 3.8) is 0 Å². The number of Topliss-reactive ketones (excluding diaryl/α,β-unsaturated/α-hetero) is 1. The van der Waals surface area contributed by atoms with E-state index < -0.39 is 0 Å². The van der Waals surface area contributed by atoms with Gasteiger partial charge in [-0.2, -0.15) is 0 Å². The number of benzene rings is 2. The van der Waals surface area contributed by atoms with Crippen molar-refractivity contribution in [2.45, 2.75) is 38.3 Å². The van der Waals surface area contributed by atoms with E-state index in [2.05, 4.69) is 29.2 Å². The number of methoxy groups -OCH3 is 1. The van der Waals surface area contributed by atoms with Crippen LogP contribution in [-0.4, -0.2) is 35.4 Å². The minimum Gasteiger partial charge on any atom is -0.496 e. The van der Waals surface area contributed by atoms with Crippen molar-refractivity contribution in [3.05, 3.63) is 105 Å². The Morgan fingerprint density at radius 2 is 1.86 bits per heavy atom. The van der Waals surface area contributed by atoms with Crippen LogP contribution in [0.15, 0.2) is 71.0 Å². The van der Waals surface area contributed by atoms with Crippen LogP contribution in [0.4, 0.5) is 0 Å². The highest BCUT2D eigenvalue weighted by molar-refractivity contribution is 6.13. The van der Waals surface area contributed by atoms with Crippen molar-refractivity contribution in [2.24, 2.45) is 5.92 Å². The lowest BCUT2D eigenvalue weighted by atomic mass is 9.83. The van der Waals surface area contributed by atoms with Gasteiger partial charge >= 0.3 is 0 Å². The van der Waals surface area contributed by atoms with Crippen LogP contribution in [0.2, 0.25) is 0 Å². The van der Waals surface area contributed by atoms with Gasteiger partial charge in [-0.3, -0.25) is 14.5 Å². The van der Waals surface area contributed by atoms with E-state index in [-0.39, 0.29) is 11.3 Å². The van der Waals surface area contributed by atoms with Crippen LogP contribution >= 0.6 is 0 Å². The summed E-state index contributed by atoms with van der Waals surface area (Å²) in [6.07, 6.45) is 4.87. The Hall–Kier alpha value is -3.44. The number of allylic oxidation sites excluding steroid dienone is 1. The maximum atomic E-state index is 13.1. The zero-order valence-corrected chi connectivity index (χ0v) is 20.1. The van der Waals surface area contributed by atoms with Gasteiger partial charge in [0.15, 0.2) is 5.78 Å². The van der Waals surface area contributed by atoms with Gasteiger partial charge in [0, 0.05) is 60.6 Å². The second-order valence-electron chi connectivity index (χ2n) is 10.1. The highest BCUT2D eigenvalue weighted by atomic mass is 16.5. The number of aromatic nitrogens is 1. The summed E-state index contributed by atoms with van der Waals surface area (Å²) in [6, 6.07) is 19.8. The summed E-state index contributed by atoms with van der Waals surface area (Å²) in [4.78, 5) is 27.9. The van der Waals surface area contributed by atoms with Gasteiger partial charge < -0.3 is 9.30 Å². The molecule has 2 aromatic carbocycles. The first-order valence-electron chi connectivity index (χ1n) is 12.5. The third-order valence-corrected chi connectivity index (χ3v) is 7.81. The Balaban J connectivity index is 1.25. The zero-order chi connectivity index (χ0) is 23.9. The first-order chi connectivity index (χ1) is 17.1. The van der Waals surface area contributed by atoms with Crippen LogP contribution < -0.4 is 10.3 Å². The summed E-state index contributed by atoms with van der Waals surface area (Å²) in [5, 5.41) is 0. The maximum Gasteiger partial charge on any atom is 0.250 e. The molecule has 3 aromatic rings. The van der Waals surface area contributed by atoms with Crippen LogP contribution in [0.5, 0.6) is 5.75 Å². The van der Waals surface area contributed by atoms with Crippen molar-refractivity contribution in [2.75, 3.05) is 20.2 Å². The summed E-state index contributed by atoms with van der Waals surface area (Å²) in [7, 11) is 1.71. The van der Waals surface area contributed by atoms with Gasteiger partial charge in [0.1, 0.15) is 5.75 Å². The number of carbonyl (C=O) groups is 1. The molecule has 1 fully saturated rings. The summed E-state index contributed by atoms with van der Waals surface area (Å²) in [5.74, 6) is 1.88. The van der Waals surface area contributed by atoms with Gasteiger partial charge in [0.2, 0.25) is 0 Å². The Bertz CT molecular complexity index is 1390. The summed E-state index contributed by atoms with van der Waals surface area (Å²) < 4.78 is 7.68. The van der Waals surface area contributed by atoms with Crippen LogP contribution in [0.1, 0.15) is 51.5 Å². The van der Waals surface area contributed by atoms with Crippen molar-refractivity contribution in [1.82, 2.24) is 9.47 Å². The van der Waals surface area contributed by atoms with E-state index in [1.54, 1.807) is 13.2 Å². The van der Waals surface area contributed by atoms with Crippen LogP contribution in [0.25, 0.3) is 6.08 Å². The topological polar surface area (TPSA) is 51.5 Å². The van der Waals surface area contributed by atoms with Crippen molar-refractivity contribution < 1.29 is 9.53 Å². The Labute approximate surface area is 205 Å².